The third kappa shape index (κ3) is 2.27. The van der Waals surface area contributed by atoms with E-state index in [1.54, 1.807) is 4.90 Å². The first kappa shape index (κ1) is 11.6. The molecule has 15 heavy (non-hydrogen) atoms. The van der Waals surface area contributed by atoms with E-state index in [9.17, 15) is 4.79 Å². The van der Waals surface area contributed by atoms with Crippen LogP contribution in [0.2, 0.25) is 0 Å². The fourth-order valence-corrected chi connectivity index (χ4v) is 4.17. The van der Waals surface area contributed by atoms with Gasteiger partial charge in [-0.2, -0.15) is 0 Å². The number of nitrogens with one attached hydrogen (secondary N) is 1. The van der Waals surface area contributed by atoms with Crippen LogP contribution in [-0.4, -0.2) is 37.0 Å². The zero-order chi connectivity index (χ0) is 11.0. The van der Waals surface area contributed by atoms with E-state index in [4.69, 9.17) is 0 Å². The fourth-order valence-electron chi connectivity index (χ4n) is 1.39. The van der Waals surface area contributed by atoms with Crippen LogP contribution in [0.15, 0.2) is 13.6 Å². The topological polar surface area (TPSA) is 32.3 Å². The summed E-state index contributed by atoms with van der Waals surface area (Å²) in [6, 6.07) is 2.20. The number of hydrogen-bond donors (Lipinski definition) is 1. The van der Waals surface area contributed by atoms with Crippen LogP contribution in [0.5, 0.6) is 0 Å². The van der Waals surface area contributed by atoms with E-state index in [-0.39, 0.29) is 5.91 Å². The number of hydrogen-bond acceptors (Lipinski definition) is 3. The highest BCUT2D eigenvalue weighted by atomic mass is 79.9. The van der Waals surface area contributed by atoms with Gasteiger partial charge in [-0.05, 0) is 37.9 Å². The average Bonchev–Trinajstić information content (AvgIpc) is 2.41. The number of carbonyl (C=O) groups excluding carboxylic acids is 1. The summed E-state index contributed by atoms with van der Waals surface area (Å²) in [7, 11) is 1.85. The minimum absolute atomic E-state index is 0.0790. The molecular formula is C9H10Br2N2OS. The summed E-state index contributed by atoms with van der Waals surface area (Å²) in [6.07, 6.45) is 0. The average molecular weight is 354 g/mol. The van der Waals surface area contributed by atoms with Gasteiger partial charge >= 0.3 is 0 Å². The lowest BCUT2D eigenvalue weighted by Crippen LogP contribution is -2.57. The van der Waals surface area contributed by atoms with Crippen LogP contribution in [0.4, 0.5) is 0 Å². The SMILES string of the molecule is CN(C(=O)c1cc(Br)sc1Br)C1CNC1. The molecule has 3 nitrogen and oxygen atoms in total. The molecule has 1 N–H and O–H groups in total. The van der Waals surface area contributed by atoms with Gasteiger partial charge in [0.2, 0.25) is 0 Å². The molecule has 0 spiro atoms. The molecule has 0 radical (unpaired) electrons. The molecule has 0 aliphatic carbocycles. The van der Waals surface area contributed by atoms with Gasteiger partial charge in [0.1, 0.15) is 0 Å². The lowest BCUT2D eigenvalue weighted by atomic mass is 10.1. The van der Waals surface area contributed by atoms with Crippen LogP contribution in [-0.2, 0) is 0 Å². The Balaban J connectivity index is 2.15. The molecule has 0 bridgehead atoms. The molecule has 1 amide bonds. The standard InChI is InChI=1S/C9H10Br2N2OS/c1-13(5-3-12-4-5)9(14)6-2-7(10)15-8(6)11/h2,5,12H,3-4H2,1H3. The van der Waals surface area contributed by atoms with Crippen LogP contribution >= 0.6 is 43.2 Å². The number of carbonyl (C=O) groups is 1. The van der Waals surface area contributed by atoms with E-state index in [0.29, 0.717) is 6.04 Å². The Morgan fingerprint density at radius 1 is 1.60 bits per heavy atom. The maximum Gasteiger partial charge on any atom is 0.255 e. The first-order valence-corrected chi connectivity index (χ1v) is 6.92. The number of likely N-dealkylation sites (N-methyl/N-ethyl adjacent to an activating group) is 1. The zero-order valence-electron chi connectivity index (χ0n) is 8.09. The van der Waals surface area contributed by atoms with Gasteiger partial charge in [-0.3, -0.25) is 4.79 Å². The molecule has 2 rings (SSSR count). The van der Waals surface area contributed by atoms with Gasteiger partial charge in [0.15, 0.2) is 0 Å². The van der Waals surface area contributed by atoms with E-state index < -0.39 is 0 Å². The van der Waals surface area contributed by atoms with Crippen LogP contribution in [0.25, 0.3) is 0 Å². The Morgan fingerprint density at radius 3 is 2.67 bits per heavy atom. The normalized spacial score (nSPS) is 16.2. The summed E-state index contributed by atoms with van der Waals surface area (Å²) in [5.41, 5.74) is 0.737. The minimum atomic E-state index is 0.0790. The molecule has 0 saturated carbocycles. The van der Waals surface area contributed by atoms with E-state index in [2.05, 4.69) is 37.2 Å². The van der Waals surface area contributed by atoms with Crippen LogP contribution in [0, 0.1) is 0 Å². The Bertz CT molecular complexity index is 389. The summed E-state index contributed by atoms with van der Waals surface area (Å²) < 4.78 is 1.86. The monoisotopic (exact) mass is 352 g/mol. The second kappa shape index (κ2) is 4.53. The first-order valence-electron chi connectivity index (χ1n) is 4.52. The molecule has 1 aliphatic heterocycles. The van der Waals surface area contributed by atoms with Gasteiger partial charge in [0.25, 0.3) is 5.91 Å². The molecule has 0 aromatic carbocycles. The van der Waals surface area contributed by atoms with Crippen LogP contribution in [0.1, 0.15) is 10.4 Å². The predicted molar refractivity (Wildman–Crippen MR) is 68.5 cm³/mol. The molecule has 1 aliphatic rings. The predicted octanol–water partition coefficient (Wildman–Crippen LogP) is 2.32. The summed E-state index contributed by atoms with van der Waals surface area (Å²) in [5, 5.41) is 3.16. The van der Waals surface area contributed by atoms with Crippen molar-refractivity contribution in [2.24, 2.45) is 0 Å². The summed E-state index contributed by atoms with van der Waals surface area (Å²) >= 11 is 8.30. The molecule has 6 heteroatoms. The maximum atomic E-state index is 12.1. The van der Waals surface area contributed by atoms with Crippen molar-refractivity contribution in [1.29, 1.82) is 0 Å². The molecule has 0 atom stereocenters. The summed E-state index contributed by atoms with van der Waals surface area (Å²) in [6.45, 7) is 1.79. The van der Waals surface area contributed by atoms with Gasteiger partial charge in [-0.1, -0.05) is 0 Å². The van der Waals surface area contributed by atoms with Gasteiger partial charge in [0.05, 0.1) is 19.2 Å². The number of thiophene rings is 1. The lowest BCUT2D eigenvalue weighted by Gasteiger charge is -2.35. The Kier molecular flexibility index (Phi) is 3.49. The molecule has 1 aromatic heterocycles. The molecule has 1 fully saturated rings. The largest absolute Gasteiger partial charge is 0.336 e. The van der Waals surface area contributed by atoms with Gasteiger partial charge in [-0.25, -0.2) is 0 Å². The van der Waals surface area contributed by atoms with E-state index in [1.807, 2.05) is 13.1 Å². The number of halogens is 2. The van der Waals surface area contributed by atoms with Crippen molar-refractivity contribution < 1.29 is 4.79 Å². The number of amides is 1. The highest BCUT2D eigenvalue weighted by Crippen LogP contribution is 2.32. The molecule has 1 aromatic rings. The van der Waals surface area contributed by atoms with Crippen molar-refractivity contribution in [2.75, 3.05) is 20.1 Å². The summed E-state index contributed by atoms with van der Waals surface area (Å²) in [5.74, 6) is 0.0790. The van der Waals surface area contributed by atoms with E-state index >= 15 is 0 Å². The molecular weight excluding hydrogens is 344 g/mol. The third-order valence-electron chi connectivity index (χ3n) is 2.52. The zero-order valence-corrected chi connectivity index (χ0v) is 12.1. The molecule has 1 saturated heterocycles. The quantitative estimate of drug-likeness (QED) is 0.884. The van der Waals surface area contributed by atoms with Crippen molar-refractivity contribution in [1.82, 2.24) is 10.2 Å². The van der Waals surface area contributed by atoms with Gasteiger partial charge in [-0.15, -0.1) is 11.3 Å². The first-order chi connectivity index (χ1) is 7.09. The van der Waals surface area contributed by atoms with Crippen molar-refractivity contribution in [3.05, 3.63) is 19.2 Å². The Morgan fingerprint density at radius 2 is 2.27 bits per heavy atom. The van der Waals surface area contributed by atoms with Crippen LogP contribution < -0.4 is 5.32 Å². The molecule has 2 heterocycles. The number of nitrogens with zero attached hydrogens (tertiary/aromatic N) is 1. The highest BCUT2D eigenvalue weighted by Gasteiger charge is 2.27. The van der Waals surface area contributed by atoms with Gasteiger partial charge in [0, 0.05) is 20.1 Å². The molecule has 82 valence electrons. The van der Waals surface area contributed by atoms with Gasteiger partial charge < -0.3 is 10.2 Å². The Hall–Kier alpha value is 0.0900. The fraction of sp³-hybridized carbons (Fsp3) is 0.444. The van der Waals surface area contributed by atoms with Crippen molar-refractivity contribution in [3.8, 4) is 0 Å². The highest BCUT2D eigenvalue weighted by molar-refractivity contribution is 9.12. The smallest absolute Gasteiger partial charge is 0.255 e. The second-order valence-electron chi connectivity index (χ2n) is 3.47. The van der Waals surface area contributed by atoms with Crippen molar-refractivity contribution >= 4 is 49.1 Å². The van der Waals surface area contributed by atoms with E-state index in [1.165, 1.54) is 11.3 Å². The third-order valence-corrected chi connectivity index (χ3v) is 4.85. The molecule has 0 unspecified atom stereocenters. The summed E-state index contributed by atoms with van der Waals surface area (Å²) in [4.78, 5) is 13.9. The second-order valence-corrected chi connectivity index (χ2v) is 7.22. The number of rotatable bonds is 2. The van der Waals surface area contributed by atoms with Crippen molar-refractivity contribution in [3.63, 3.8) is 0 Å². The maximum absolute atomic E-state index is 12.1. The van der Waals surface area contributed by atoms with E-state index in [0.717, 1.165) is 26.2 Å². The minimum Gasteiger partial charge on any atom is -0.336 e. The van der Waals surface area contributed by atoms with Crippen LogP contribution in [0.3, 0.4) is 0 Å². The lowest BCUT2D eigenvalue weighted by molar-refractivity contribution is 0.0681. The Labute approximate surface area is 109 Å². The van der Waals surface area contributed by atoms with Crippen molar-refractivity contribution in [2.45, 2.75) is 6.04 Å².